The molecule has 1 aromatic carbocycles. The first kappa shape index (κ1) is 20.1. The van der Waals surface area contributed by atoms with E-state index in [0.29, 0.717) is 10.6 Å². The highest BCUT2D eigenvalue weighted by Gasteiger charge is 2.16. The predicted octanol–water partition coefficient (Wildman–Crippen LogP) is 4.85. The lowest BCUT2D eigenvalue weighted by Crippen LogP contribution is -2.33. The van der Waals surface area contributed by atoms with E-state index in [1.807, 2.05) is 68.6 Å². The quantitative estimate of drug-likeness (QED) is 0.573. The number of carbonyl (C=O) groups excluding carboxylic acids is 1. The van der Waals surface area contributed by atoms with Gasteiger partial charge in [-0.1, -0.05) is 24.3 Å². The van der Waals surface area contributed by atoms with Gasteiger partial charge < -0.3 is 10.1 Å². The zero-order valence-electron chi connectivity index (χ0n) is 16.5. The number of allylic oxidation sites excluding steroid dienone is 5. The standard InChI is InChI=1S/C22H20N4O2S2/c1-14-18-13-19(30-21(18)26(2)25-14)20(27)24-22(29)23-15-8-7-11-17(12-15)28-16-9-5-3-4-6-10-16/h3,5-13H,4H2,1-2H3,(H2,23,24,27,29). The maximum absolute atomic E-state index is 12.6. The summed E-state index contributed by atoms with van der Waals surface area (Å²) in [5, 5.41) is 11.3. The molecule has 2 N–H and O–H groups in total. The van der Waals surface area contributed by atoms with Crippen LogP contribution >= 0.6 is 23.6 Å². The molecule has 8 heteroatoms. The molecule has 4 rings (SSSR count). The van der Waals surface area contributed by atoms with Crippen LogP contribution in [-0.2, 0) is 7.05 Å². The van der Waals surface area contributed by atoms with E-state index in [2.05, 4.69) is 21.8 Å². The van der Waals surface area contributed by atoms with Crippen molar-refractivity contribution in [3.8, 4) is 5.75 Å². The Morgan fingerprint density at radius 1 is 1.30 bits per heavy atom. The third-order valence-corrected chi connectivity index (χ3v) is 5.83. The number of nitrogens with one attached hydrogen (secondary N) is 2. The van der Waals surface area contributed by atoms with E-state index >= 15 is 0 Å². The Hall–Kier alpha value is -3.23. The topological polar surface area (TPSA) is 68.2 Å². The second-order valence-corrected chi connectivity index (χ2v) is 8.15. The molecule has 0 atom stereocenters. The fourth-order valence-corrected chi connectivity index (χ4v) is 4.27. The van der Waals surface area contributed by atoms with Gasteiger partial charge in [0.1, 0.15) is 16.3 Å². The Bertz CT molecular complexity index is 1180. The molecule has 6 nitrogen and oxygen atoms in total. The maximum Gasteiger partial charge on any atom is 0.267 e. The Balaban J connectivity index is 1.40. The van der Waals surface area contributed by atoms with Crippen LogP contribution in [-0.4, -0.2) is 20.8 Å². The molecular formula is C22H20N4O2S2. The van der Waals surface area contributed by atoms with Crippen LogP contribution in [0, 0.1) is 6.92 Å². The minimum atomic E-state index is -0.249. The van der Waals surface area contributed by atoms with Crippen molar-refractivity contribution < 1.29 is 9.53 Å². The summed E-state index contributed by atoms with van der Waals surface area (Å²) in [7, 11) is 1.87. The number of hydrogen-bond acceptors (Lipinski definition) is 5. The van der Waals surface area contributed by atoms with Crippen LogP contribution in [0.4, 0.5) is 5.69 Å². The number of carbonyl (C=O) groups is 1. The Kier molecular flexibility index (Phi) is 5.78. The number of aromatic nitrogens is 2. The summed E-state index contributed by atoms with van der Waals surface area (Å²) in [6.45, 7) is 1.93. The van der Waals surface area contributed by atoms with Crippen LogP contribution in [0.5, 0.6) is 5.75 Å². The number of benzene rings is 1. The molecule has 0 aliphatic heterocycles. The SMILES string of the molecule is Cc1nn(C)c2sc(C(=O)NC(=S)Nc3cccc(OC4=CC=CCC=C4)c3)cc12. The van der Waals surface area contributed by atoms with E-state index in [1.54, 1.807) is 4.68 Å². The van der Waals surface area contributed by atoms with Crippen molar-refractivity contribution in [1.82, 2.24) is 15.1 Å². The second kappa shape index (κ2) is 8.64. The molecule has 0 bridgehead atoms. The summed E-state index contributed by atoms with van der Waals surface area (Å²) < 4.78 is 7.68. The monoisotopic (exact) mass is 436 g/mol. The van der Waals surface area contributed by atoms with E-state index in [9.17, 15) is 4.79 Å². The number of thiocarbonyl (C=S) groups is 1. The molecule has 0 saturated carbocycles. The summed E-state index contributed by atoms with van der Waals surface area (Å²) in [6, 6.07) is 9.26. The first-order chi connectivity index (χ1) is 14.5. The maximum atomic E-state index is 12.6. The van der Waals surface area contributed by atoms with Gasteiger partial charge in [-0.05, 0) is 55.9 Å². The molecule has 0 unspecified atom stereocenters. The van der Waals surface area contributed by atoms with Gasteiger partial charge in [-0.3, -0.25) is 14.8 Å². The van der Waals surface area contributed by atoms with Gasteiger partial charge in [0.15, 0.2) is 5.11 Å². The van der Waals surface area contributed by atoms with E-state index < -0.39 is 0 Å². The van der Waals surface area contributed by atoms with Crippen LogP contribution in [0.1, 0.15) is 21.8 Å². The molecule has 0 fully saturated rings. The molecule has 2 aromatic heterocycles. The first-order valence-corrected chi connectivity index (χ1v) is 10.6. The van der Waals surface area contributed by atoms with Gasteiger partial charge in [-0.25, -0.2) is 0 Å². The van der Waals surface area contributed by atoms with Crippen LogP contribution in [0.15, 0.2) is 66.5 Å². The summed E-state index contributed by atoms with van der Waals surface area (Å²) in [6.07, 6.45) is 10.8. The van der Waals surface area contributed by atoms with Gasteiger partial charge in [0.25, 0.3) is 5.91 Å². The number of aryl methyl sites for hydroxylation is 2. The second-order valence-electron chi connectivity index (χ2n) is 6.71. The molecule has 1 aliphatic rings. The van der Waals surface area contributed by atoms with Crippen LogP contribution in [0.2, 0.25) is 0 Å². The van der Waals surface area contributed by atoms with Crippen molar-refractivity contribution in [2.45, 2.75) is 13.3 Å². The van der Waals surface area contributed by atoms with Crippen molar-refractivity contribution in [2.24, 2.45) is 7.05 Å². The Morgan fingerprint density at radius 2 is 2.17 bits per heavy atom. The number of hydrogen-bond donors (Lipinski definition) is 2. The molecule has 1 aliphatic carbocycles. The van der Waals surface area contributed by atoms with Gasteiger partial charge in [-0.15, -0.1) is 11.3 Å². The summed E-state index contributed by atoms with van der Waals surface area (Å²) in [5.41, 5.74) is 1.62. The number of nitrogens with zero attached hydrogens (tertiary/aromatic N) is 2. The lowest BCUT2D eigenvalue weighted by Gasteiger charge is -2.11. The minimum absolute atomic E-state index is 0.223. The first-order valence-electron chi connectivity index (χ1n) is 9.36. The summed E-state index contributed by atoms with van der Waals surface area (Å²) in [4.78, 5) is 14.1. The number of anilines is 1. The van der Waals surface area contributed by atoms with E-state index in [-0.39, 0.29) is 11.0 Å². The smallest absolute Gasteiger partial charge is 0.267 e. The van der Waals surface area contributed by atoms with Crippen molar-refractivity contribution in [1.29, 1.82) is 0 Å². The normalized spacial score (nSPS) is 13.1. The van der Waals surface area contributed by atoms with Gasteiger partial charge >= 0.3 is 0 Å². The zero-order valence-corrected chi connectivity index (χ0v) is 18.1. The zero-order chi connectivity index (χ0) is 21.1. The number of rotatable bonds is 4. The minimum Gasteiger partial charge on any atom is -0.457 e. The molecule has 30 heavy (non-hydrogen) atoms. The summed E-state index contributed by atoms with van der Waals surface area (Å²) in [5.74, 6) is 1.18. The predicted molar refractivity (Wildman–Crippen MR) is 125 cm³/mol. The highest BCUT2D eigenvalue weighted by molar-refractivity contribution is 7.80. The fraction of sp³-hybridized carbons (Fsp3) is 0.136. The average Bonchev–Trinajstić information content (AvgIpc) is 3.15. The largest absolute Gasteiger partial charge is 0.457 e. The molecule has 0 saturated heterocycles. The molecule has 0 radical (unpaired) electrons. The summed E-state index contributed by atoms with van der Waals surface area (Å²) >= 11 is 6.71. The Morgan fingerprint density at radius 3 is 3.00 bits per heavy atom. The lowest BCUT2D eigenvalue weighted by atomic mass is 10.3. The molecule has 152 valence electrons. The highest BCUT2D eigenvalue weighted by Crippen LogP contribution is 2.27. The van der Waals surface area contributed by atoms with Gasteiger partial charge in [-0.2, -0.15) is 5.10 Å². The average molecular weight is 437 g/mol. The number of amides is 1. The molecule has 0 spiro atoms. The van der Waals surface area contributed by atoms with Crippen molar-refractivity contribution in [3.63, 3.8) is 0 Å². The van der Waals surface area contributed by atoms with E-state index in [0.717, 1.165) is 33.8 Å². The number of ether oxygens (including phenoxy) is 1. The Labute approximate surface area is 183 Å². The lowest BCUT2D eigenvalue weighted by molar-refractivity contribution is 0.0981. The molecular weight excluding hydrogens is 416 g/mol. The number of thiophene rings is 1. The van der Waals surface area contributed by atoms with Crippen LogP contribution < -0.4 is 15.4 Å². The molecule has 3 aromatic rings. The van der Waals surface area contributed by atoms with Gasteiger partial charge in [0.2, 0.25) is 0 Å². The van der Waals surface area contributed by atoms with Crippen LogP contribution in [0.3, 0.4) is 0 Å². The van der Waals surface area contributed by atoms with E-state index in [4.69, 9.17) is 17.0 Å². The van der Waals surface area contributed by atoms with Crippen molar-refractivity contribution in [2.75, 3.05) is 5.32 Å². The third-order valence-electron chi connectivity index (χ3n) is 4.43. The highest BCUT2D eigenvalue weighted by atomic mass is 32.1. The molecule has 2 heterocycles. The fourth-order valence-electron chi connectivity index (χ4n) is 3.05. The van der Waals surface area contributed by atoms with E-state index in [1.165, 1.54) is 11.3 Å². The van der Waals surface area contributed by atoms with Crippen LogP contribution in [0.25, 0.3) is 10.2 Å². The van der Waals surface area contributed by atoms with Gasteiger partial charge in [0.05, 0.1) is 10.6 Å². The number of fused-ring (bicyclic) bond motifs is 1. The van der Waals surface area contributed by atoms with Crippen molar-refractivity contribution >= 4 is 50.5 Å². The van der Waals surface area contributed by atoms with Crippen molar-refractivity contribution in [3.05, 3.63) is 77.0 Å². The molecule has 1 amide bonds. The van der Waals surface area contributed by atoms with Gasteiger partial charge in [0, 0.05) is 24.2 Å². The third kappa shape index (κ3) is 4.50.